The van der Waals surface area contributed by atoms with Gasteiger partial charge < -0.3 is 4.74 Å². The first-order valence-electron chi connectivity index (χ1n) is 6.63. The monoisotopic (exact) mass is 240 g/mol. The molecule has 2 fully saturated rings. The zero-order valence-corrected chi connectivity index (χ0v) is 12.0. The highest BCUT2D eigenvalue weighted by Crippen LogP contribution is 2.75. The van der Waals surface area contributed by atoms with Gasteiger partial charge >= 0.3 is 5.97 Å². The van der Waals surface area contributed by atoms with Crippen LogP contribution in [0.15, 0.2) is 0 Å². The molecule has 0 aromatic carbocycles. The molecule has 2 nitrogen and oxygen atoms in total. The Hall–Kier alpha value is -0.313. The van der Waals surface area contributed by atoms with Crippen molar-refractivity contribution in [2.45, 2.75) is 57.3 Å². The van der Waals surface area contributed by atoms with Crippen molar-refractivity contribution in [3.8, 4) is 0 Å². The number of carbonyl (C=O) groups is 1. The van der Waals surface area contributed by atoms with Crippen molar-refractivity contribution in [3.63, 3.8) is 0 Å². The molecule has 0 aromatic heterocycles. The lowest BCUT2D eigenvalue weighted by molar-refractivity contribution is -0.144. The molecular formula is C13H24O2Si. The summed E-state index contributed by atoms with van der Waals surface area (Å²) < 4.78 is 5.38. The number of carbonyl (C=O) groups excluding carboxylic acids is 1. The van der Waals surface area contributed by atoms with Crippen LogP contribution in [0.2, 0.25) is 24.7 Å². The average molecular weight is 240 g/mol. The van der Waals surface area contributed by atoms with Crippen LogP contribution in [0.25, 0.3) is 0 Å². The minimum atomic E-state index is -1.48. The van der Waals surface area contributed by atoms with Gasteiger partial charge in [0.2, 0.25) is 0 Å². The van der Waals surface area contributed by atoms with Crippen LogP contribution in [0.1, 0.15) is 32.6 Å². The van der Waals surface area contributed by atoms with E-state index in [0.29, 0.717) is 18.4 Å². The van der Waals surface area contributed by atoms with Crippen molar-refractivity contribution in [2.24, 2.45) is 11.8 Å². The first-order chi connectivity index (χ1) is 7.46. The minimum Gasteiger partial charge on any atom is -0.466 e. The molecule has 0 heterocycles. The van der Waals surface area contributed by atoms with E-state index in [4.69, 9.17) is 4.74 Å². The van der Waals surface area contributed by atoms with Gasteiger partial charge in [-0.25, -0.2) is 0 Å². The molecule has 1 unspecified atom stereocenters. The second-order valence-electron chi connectivity index (χ2n) is 6.34. The molecule has 0 aliphatic heterocycles. The smallest absolute Gasteiger partial charge is 0.309 e. The van der Waals surface area contributed by atoms with E-state index in [1.54, 1.807) is 0 Å². The summed E-state index contributed by atoms with van der Waals surface area (Å²) in [5, 5.41) is -0.0283. The molecule has 0 aromatic rings. The van der Waals surface area contributed by atoms with Crippen LogP contribution in [0.3, 0.4) is 0 Å². The van der Waals surface area contributed by atoms with Gasteiger partial charge in [-0.3, -0.25) is 4.79 Å². The fourth-order valence-electron chi connectivity index (χ4n) is 4.10. The van der Waals surface area contributed by atoms with E-state index in [2.05, 4.69) is 19.6 Å². The van der Waals surface area contributed by atoms with E-state index in [1.807, 2.05) is 6.92 Å². The van der Waals surface area contributed by atoms with E-state index in [0.717, 1.165) is 0 Å². The van der Waals surface area contributed by atoms with E-state index in [-0.39, 0.29) is 11.0 Å². The van der Waals surface area contributed by atoms with E-state index in [9.17, 15) is 4.79 Å². The van der Waals surface area contributed by atoms with Crippen LogP contribution >= 0.6 is 0 Å². The topological polar surface area (TPSA) is 26.3 Å². The van der Waals surface area contributed by atoms with Crippen LogP contribution in [-0.4, -0.2) is 20.7 Å². The minimum absolute atomic E-state index is 0.0283. The summed E-state index contributed by atoms with van der Waals surface area (Å²) in [5.41, 5.74) is 0. The molecule has 0 radical (unpaired) electrons. The molecule has 3 heteroatoms. The van der Waals surface area contributed by atoms with Crippen LogP contribution < -0.4 is 0 Å². The molecule has 0 spiro atoms. The molecule has 2 saturated carbocycles. The van der Waals surface area contributed by atoms with Gasteiger partial charge in [0.15, 0.2) is 0 Å². The van der Waals surface area contributed by atoms with E-state index < -0.39 is 8.07 Å². The van der Waals surface area contributed by atoms with Crippen molar-refractivity contribution < 1.29 is 9.53 Å². The molecule has 2 aliphatic rings. The largest absolute Gasteiger partial charge is 0.466 e. The quantitative estimate of drug-likeness (QED) is 0.558. The van der Waals surface area contributed by atoms with Gasteiger partial charge in [0.05, 0.1) is 19.7 Å². The molecular weight excluding hydrogens is 216 g/mol. The Kier molecular flexibility index (Phi) is 2.93. The molecule has 2 rings (SSSR count). The molecule has 0 N–H and O–H groups in total. The lowest BCUT2D eigenvalue weighted by Gasteiger charge is -2.29. The first-order valence-corrected chi connectivity index (χ1v) is 10.1. The van der Waals surface area contributed by atoms with E-state index >= 15 is 0 Å². The zero-order chi connectivity index (χ0) is 12.0. The Bertz CT molecular complexity index is 281. The fraction of sp³-hybridized carbons (Fsp3) is 0.923. The van der Waals surface area contributed by atoms with Crippen LogP contribution in [0.4, 0.5) is 0 Å². The third-order valence-corrected chi connectivity index (χ3v) is 8.11. The standard InChI is InChI=1S/C13H24O2Si/c1-5-15-12(14)13(16(2,3)4)10-8-6-7-9-11(10)13/h10-11H,5-9H2,1-4H3/t10-,11+,13?. The highest BCUT2D eigenvalue weighted by Gasteiger charge is 2.75. The Morgan fingerprint density at radius 1 is 1.25 bits per heavy atom. The molecule has 16 heavy (non-hydrogen) atoms. The molecule has 3 atom stereocenters. The summed E-state index contributed by atoms with van der Waals surface area (Å²) in [6, 6.07) is 0. The number of fused-ring (bicyclic) bond motifs is 1. The number of hydrogen-bond donors (Lipinski definition) is 0. The van der Waals surface area contributed by atoms with Crippen molar-refractivity contribution in [1.82, 2.24) is 0 Å². The summed E-state index contributed by atoms with van der Waals surface area (Å²) in [7, 11) is -1.48. The summed E-state index contributed by atoms with van der Waals surface area (Å²) >= 11 is 0. The number of ether oxygens (including phenoxy) is 1. The summed E-state index contributed by atoms with van der Waals surface area (Å²) in [4.78, 5) is 12.4. The fourth-order valence-corrected chi connectivity index (χ4v) is 7.61. The molecule has 2 aliphatic carbocycles. The second-order valence-corrected chi connectivity index (χ2v) is 11.7. The number of rotatable bonds is 3. The summed E-state index contributed by atoms with van der Waals surface area (Å²) in [5.74, 6) is 1.45. The number of hydrogen-bond acceptors (Lipinski definition) is 2. The van der Waals surface area contributed by atoms with E-state index in [1.165, 1.54) is 25.7 Å². The number of esters is 1. The van der Waals surface area contributed by atoms with Gasteiger partial charge in [0, 0.05) is 0 Å². The Labute approximate surface area is 99.8 Å². The zero-order valence-electron chi connectivity index (χ0n) is 11.0. The van der Waals surface area contributed by atoms with Gasteiger partial charge in [-0.15, -0.1) is 0 Å². The Morgan fingerprint density at radius 3 is 2.12 bits per heavy atom. The van der Waals surface area contributed by atoms with Crippen molar-refractivity contribution in [2.75, 3.05) is 6.61 Å². The first kappa shape index (κ1) is 12.2. The maximum atomic E-state index is 12.4. The SMILES string of the molecule is CCOC(=O)C1([Si](C)(C)C)[C@@H]2CCCC[C@@H]21. The van der Waals surface area contributed by atoms with Gasteiger partial charge in [-0.05, 0) is 31.6 Å². The average Bonchev–Trinajstić information content (AvgIpc) is 2.87. The van der Waals surface area contributed by atoms with Gasteiger partial charge in [0.25, 0.3) is 0 Å². The summed E-state index contributed by atoms with van der Waals surface area (Å²) in [6.07, 6.45) is 5.14. The van der Waals surface area contributed by atoms with Crippen LogP contribution in [-0.2, 0) is 9.53 Å². The molecule has 0 bridgehead atoms. The second kappa shape index (κ2) is 3.86. The highest BCUT2D eigenvalue weighted by molar-refractivity contribution is 6.83. The predicted octanol–water partition coefficient (Wildman–Crippen LogP) is 3.45. The normalized spacial score (nSPS) is 37.8. The lowest BCUT2D eigenvalue weighted by atomic mass is 10.0. The Morgan fingerprint density at radius 2 is 1.75 bits per heavy atom. The highest BCUT2D eigenvalue weighted by atomic mass is 28.3. The molecule has 0 saturated heterocycles. The van der Waals surface area contributed by atoms with Crippen molar-refractivity contribution in [3.05, 3.63) is 0 Å². The van der Waals surface area contributed by atoms with Gasteiger partial charge in [0.1, 0.15) is 0 Å². The van der Waals surface area contributed by atoms with Crippen LogP contribution in [0, 0.1) is 11.8 Å². The maximum Gasteiger partial charge on any atom is 0.309 e. The van der Waals surface area contributed by atoms with Crippen molar-refractivity contribution in [1.29, 1.82) is 0 Å². The lowest BCUT2D eigenvalue weighted by Crippen LogP contribution is -2.39. The molecule has 0 amide bonds. The van der Waals surface area contributed by atoms with Gasteiger partial charge in [-0.1, -0.05) is 32.5 Å². The molecule has 92 valence electrons. The van der Waals surface area contributed by atoms with Gasteiger partial charge in [-0.2, -0.15) is 0 Å². The van der Waals surface area contributed by atoms with Crippen LogP contribution in [0.5, 0.6) is 0 Å². The predicted molar refractivity (Wildman–Crippen MR) is 68.1 cm³/mol. The summed E-state index contributed by atoms with van der Waals surface area (Å²) in [6.45, 7) is 9.46. The Balaban J connectivity index is 2.26. The maximum absolute atomic E-state index is 12.4. The third kappa shape index (κ3) is 1.47. The third-order valence-electron chi connectivity index (χ3n) is 4.68. The van der Waals surface area contributed by atoms with Crippen molar-refractivity contribution >= 4 is 14.0 Å².